The number of aromatic nitrogens is 2. The van der Waals surface area contributed by atoms with E-state index in [4.69, 9.17) is 4.98 Å². The molecule has 5 nitrogen and oxygen atoms in total. The molecule has 1 N–H and O–H groups in total. The maximum Gasteiger partial charge on any atom is 0.151 e. The van der Waals surface area contributed by atoms with Gasteiger partial charge in [0.25, 0.3) is 0 Å². The summed E-state index contributed by atoms with van der Waals surface area (Å²) in [4.78, 5) is 4.74. The van der Waals surface area contributed by atoms with E-state index < -0.39 is 9.84 Å². The van der Waals surface area contributed by atoms with Crippen molar-refractivity contribution in [2.45, 2.75) is 45.2 Å². The first-order valence-electron chi connectivity index (χ1n) is 7.10. The van der Waals surface area contributed by atoms with Gasteiger partial charge in [-0.1, -0.05) is 6.92 Å². The van der Waals surface area contributed by atoms with Crippen LogP contribution in [0.3, 0.4) is 0 Å². The van der Waals surface area contributed by atoms with Gasteiger partial charge in [0, 0.05) is 43.4 Å². The van der Waals surface area contributed by atoms with Gasteiger partial charge in [-0.2, -0.15) is 0 Å². The summed E-state index contributed by atoms with van der Waals surface area (Å²) in [6.07, 6.45) is 3.36. The summed E-state index contributed by atoms with van der Waals surface area (Å²) in [7, 11) is -2.91. The number of nitrogens with one attached hydrogen (secondary N) is 1. The topological polar surface area (TPSA) is 64.0 Å². The lowest BCUT2D eigenvalue weighted by atomic mass is 10.2. The molecule has 3 rings (SSSR count). The smallest absolute Gasteiger partial charge is 0.151 e. The molecular formula is C13H21N3O2S. The van der Waals surface area contributed by atoms with Crippen LogP contribution in [0.2, 0.25) is 0 Å². The Morgan fingerprint density at radius 2 is 2.21 bits per heavy atom. The molecule has 2 aliphatic rings. The van der Waals surface area contributed by atoms with Gasteiger partial charge in [-0.25, -0.2) is 13.4 Å². The first-order chi connectivity index (χ1) is 9.11. The second kappa shape index (κ2) is 4.90. The fourth-order valence-electron chi connectivity index (χ4n) is 2.67. The summed E-state index contributed by atoms with van der Waals surface area (Å²) in [5.74, 6) is 2.15. The summed E-state index contributed by atoms with van der Waals surface area (Å²) >= 11 is 0. The van der Waals surface area contributed by atoms with Gasteiger partial charge in [0.05, 0.1) is 11.4 Å². The van der Waals surface area contributed by atoms with Gasteiger partial charge < -0.3 is 9.88 Å². The average Bonchev–Trinajstić information content (AvgIpc) is 3.18. The predicted octanol–water partition coefficient (Wildman–Crippen LogP) is 0.841. The van der Waals surface area contributed by atoms with Crippen LogP contribution in [0.25, 0.3) is 0 Å². The van der Waals surface area contributed by atoms with Gasteiger partial charge in [-0.15, -0.1) is 0 Å². The standard InChI is InChI=1S/C13H21N3O2S/c1-2-19(17,18)8-7-16-12-5-6-14-9-11(12)15-13(16)10-3-4-10/h10,14H,2-9H2,1H3. The molecule has 19 heavy (non-hydrogen) atoms. The highest BCUT2D eigenvalue weighted by atomic mass is 32.2. The number of sulfone groups is 1. The van der Waals surface area contributed by atoms with Crippen molar-refractivity contribution < 1.29 is 8.42 Å². The third-order valence-corrected chi connectivity index (χ3v) is 5.71. The Morgan fingerprint density at radius 1 is 1.42 bits per heavy atom. The molecule has 0 saturated heterocycles. The minimum Gasteiger partial charge on any atom is -0.330 e. The van der Waals surface area contributed by atoms with E-state index in [1.807, 2.05) is 0 Å². The molecule has 1 aromatic rings. The van der Waals surface area contributed by atoms with Crippen molar-refractivity contribution in [3.8, 4) is 0 Å². The first-order valence-corrected chi connectivity index (χ1v) is 8.92. The van der Waals surface area contributed by atoms with Crippen LogP contribution in [0.15, 0.2) is 0 Å². The molecule has 0 bridgehead atoms. The Labute approximate surface area is 114 Å². The summed E-state index contributed by atoms with van der Waals surface area (Å²) < 4.78 is 25.6. The van der Waals surface area contributed by atoms with E-state index in [1.165, 1.54) is 18.5 Å². The summed E-state index contributed by atoms with van der Waals surface area (Å²) in [6.45, 7) is 4.07. The molecule has 0 spiro atoms. The highest BCUT2D eigenvalue weighted by Crippen LogP contribution is 2.40. The molecule has 0 radical (unpaired) electrons. The van der Waals surface area contributed by atoms with Crippen molar-refractivity contribution in [2.24, 2.45) is 0 Å². The molecule has 106 valence electrons. The van der Waals surface area contributed by atoms with Gasteiger partial charge >= 0.3 is 0 Å². The minimum absolute atomic E-state index is 0.226. The van der Waals surface area contributed by atoms with E-state index in [-0.39, 0.29) is 11.5 Å². The van der Waals surface area contributed by atoms with Crippen LogP contribution in [0.5, 0.6) is 0 Å². The van der Waals surface area contributed by atoms with Gasteiger partial charge in [0.1, 0.15) is 5.82 Å². The Balaban J connectivity index is 1.88. The Kier molecular flexibility index (Phi) is 3.39. The van der Waals surface area contributed by atoms with E-state index in [1.54, 1.807) is 6.92 Å². The molecule has 6 heteroatoms. The monoisotopic (exact) mass is 283 g/mol. The van der Waals surface area contributed by atoms with Gasteiger partial charge in [-0.05, 0) is 12.8 Å². The molecule has 0 amide bonds. The molecule has 0 unspecified atom stereocenters. The van der Waals surface area contributed by atoms with Crippen molar-refractivity contribution in [1.29, 1.82) is 0 Å². The van der Waals surface area contributed by atoms with E-state index in [2.05, 4.69) is 9.88 Å². The fourth-order valence-corrected chi connectivity index (χ4v) is 3.42. The van der Waals surface area contributed by atoms with Gasteiger partial charge in [-0.3, -0.25) is 0 Å². The second-order valence-electron chi connectivity index (χ2n) is 5.45. The molecule has 2 heterocycles. The van der Waals surface area contributed by atoms with Crippen LogP contribution in [0, 0.1) is 0 Å². The molecular weight excluding hydrogens is 262 g/mol. The first kappa shape index (κ1) is 13.1. The van der Waals surface area contributed by atoms with Crippen LogP contribution in [0.1, 0.15) is 42.9 Å². The van der Waals surface area contributed by atoms with E-state index in [0.717, 1.165) is 31.0 Å². The van der Waals surface area contributed by atoms with Crippen LogP contribution in [0.4, 0.5) is 0 Å². The molecule has 1 aliphatic heterocycles. The molecule has 1 aliphatic carbocycles. The fraction of sp³-hybridized carbons (Fsp3) is 0.769. The quantitative estimate of drug-likeness (QED) is 0.870. The van der Waals surface area contributed by atoms with Crippen molar-refractivity contribution >= 4 is 9.84 Å². The van der Waals surface area contributed by atoms with Crippen molar-refractivity contribution in [3.63, 3.8) is 0 Å². The lowest BCUT2D eigenvalue weighted by Gasteiger charge is -2.16. The summed E-state index contributed by atoms with van der Waals surface area (Å²) in [5, 5.41) is 3.33. The van der Waals surface area contributed by atoms with E-state index in [9.17, 15) is 8.42 Å². The van der Waals surface area contributed by atoms with Crippen molar-refractivity contribution in [1.82, 2.24) is 14.9 Å². The number of nitrogens with zero attached hydrogens (tertiary/aromatic N) is 2. The zero-order valence-corrected chi connectivity index (χ0v) is 12.2. The minimum atomic E-state index is -2.91. The Morgan fingerprint density at radius 3 is 2.89 bits per heavy atom. The second-order valence-corrected chi connectivity index (χ2v) is 7.93. The maximum absolute atomic E-state index is 11.7. The van der Waals surface area contributed by atoms with Crippen LogP contribution in [-0.2, 0) is 29.3 Å². The van der Waals surface area contributed by atoms with Crippen LogP contribution < -0.4 is 5.32 Å². The van der Waals surface area contributed by atoms with Crippen LogP contribution in [-0.4, -0.2) is 36.0 Å². The number of imidazole rings is 1. The highest BCUT2D eigenvalue weighted by molar-refractivity contribution is 7.91. The highest BCUT2D eigenvalue weighted by Gasteiger charge is 2.31. The predicted molar refractivity (Wildman–Crippen MR) is 73.9 cm³/mol. The van der Waals surface area contributed by atoms with E-state index in [0.29, 0.717) is 12.5 Å². The third kappa shape index (κ3) is 2.69. The zero-order chi connectivity index (χ0) is 13.5. The zero-order valence-electron chi connectivity index (χ0n) is 11.4. The SMILES string of the molecule is CCS(=O)(=O)CCn1c(C2CC2)nc2c1CCNC2. The lowest BCUT2D eigenvalue weighted by Crippen LogP contribution is -2.26. The molecule has 0 aromatic carbocycles. The summed E-state index contributed by atoms with van der Waals surface area (Å²) in [6, 6.07) is 0. The third-order valence-electron chi connectivity index (χ3n) is 4.02. The van der Waals surface area contributed by atoms with Crippen LogP contribution >= 0.6 is 0 Å². The number of hydrogen-bond acceptors (Lipinski definition) is 4. The normalized spacial score (nSPS) is 19.4. The number of hydrogen-bond donors (Lipinski definition) is 1. The molecule has 0 atom stereocenters. The van der Waals surface area contributed by atoms with E-state index >= 15 is 0 Å². The summed E-state index contributed by atoms with van der Waals surface area (Å²) in [5.41, 5.74) is 2.38. The van der Waals surface area contributed by atoms with Gasteiger partial charge in [0.2, 0.25) is 0 Å². The lowest BCUT2D eigenvalue weighted by molar-refractivity contribution is 0.573. The Bertz CT molecular complexity index is 573. The number of fused-ring (bicyclic) bond motifs is 1. The maximum atomic E-state index is 11.7. The van der Waals surface area contributed by atoms with Crippen molar-refractivity contribution in [2.75, 3.05) is 18.1 Å². The molecule has 1 fully saturated rings. The van der Waals surface area contributed by atoms with Crippen molar-refractivity contribution in [3.05, 3.63) is 17.2 Å². The Hall–Kier alpha value is -0.880. The molecule has 1 saturated carbocycles. The van der Waals surface area contributed by atoms with Gasteiger partial charge in [0.15, 0.2) is 9.84 Å². The average molecular weight is 283 g/mol. The molecule has 1 aromatic heterocycles. The number of rotatable bonds is 5. The largest absolute Gasteiger partial charge is 0.330 e.